The topological polar surface area (TPSA) is 41.1 Å². The summed E-state index contributed by atoms with van der Waals surface area (Å²) in [6.07, 6.45) is 4.26. The molecule has 2 heterocycles. The molecule has 0 bridgehead atoms. The number of halogens is 3. The highest BCUT2D eigenvalue weighted by Crippen LogP contribution is 2.43. The third kappa shape index (κ3) is 5.46. The molecule has 1 aliphatic heterocycles. The van der Waals surface area contributed by atoms with Crippen molar-refractivity contribution < 1.29 is 13.2 Å². The zero-order valence-electron chi connectivity index (χ0n) is 24.7. The Morgan fingerprint density at radius 3 is 2.38 bits per heavy atom. The lowest BCUT2D eigenvalue weighted by atomic mass is 9.93. The maximum Gasteiger partial charge on any atom is 0.278 e. The molecule has 0 saturated carbocycles. The van der Waals surface area contributed by atoms with E-state index in [4.69, 9.17) is 9.97 Å². The van der Waals surface area contributed by atoms with Gasteiger partial charge in [0.2, 0.25) is 0 Å². The lowest BCUT2D eigenvalue weighted by Crippen LogP contribution is -2.24. The molecule has 2 aromatic carbocycles. The Kier molecular flexibility index (Phi) is 8.21. The van der Waals surface area contributed by atoms with Crippen LogP contribution in [0.2, 0.25) is 0 Å². The van der Waals surface area contributed by atoms with Crippen molar-refractivity contribution in [1.29, 1.82) is 0 Å². The van der Waals surface area contributed by atoms with E-state index in [0.717, 1.165) is 49.7 Å². The van der Waals surface area contributed by atoms with Crippen LogP contribution in [-0.4, -0.2) is 23.1 Å². The Morgan fingerprint density at radius 1 is 1.05 bits per heavy atom. The fraction of sp³-hybridized carbons (Fsp3) is 0.562. The monoisotopic (exact) mass is 540 g/mol. The second-order valence-corrected chi connectivity index (χ2v) is 11.9. The Hall–Kier alpha value is -2.83. The second-order valence-electron chi connectivity index (χ2n) is 11.9. The Labute approximate surface area is 231 Å². The first-order chi connectivity index (χ1) is 18.4. The summed E-state index contributed by atoms with van der Waals surface area (Å²) in [5, 5.41) is 4.27. The van der Waals surface area contributed by atoms with Gasteiger partial charge in [-0.2, -0.15) is 0 Å². The van der Waals surface area contributed by atoms with E-state index in [1.165, 1.54) is 42.8 Å². The normalized spacial score (nSPS) is 17.3. The molecule has 4 nitrogen and oxygen atoms in total. The molecule has 1 fully saturated rings. The van der Waals surface area contributed by atoms with Crippen LogP contribution >= 0.6 is 0 Å². The van der Waals surface area contributed by atoms with E-state index in [1.807, 2.05) is 20.8 Å². The summed E-state index contributed by atoms with van der Waals surface area (Å²) in [7, 11) is 0. The molecule has 2 aliphatic rings. The van der Waals surface area contributed by atoms with E-state index in [-0.39, 0.29) is 11.0 Å². The van der Waals surface area contributed by atoms with Gasteiger partial charge in [0, 0.05) is 35.6 Å². The van der Waals surface area contributed by atoms with Crippen LogP contribution in [0, 0.1) is 24.1 Å². The Morgan fingerprint density at radius 2 is 1.74 bits per heavy atom. The first-order valence-corrected chi connectivity index (χ1v) is 14.4. The summed E-state index contributed by atoms with van der Waals surface area (Å²) in [6, 6.07) is 5.88. The van der Waals surface area contributed by atoms with Crippen molar-refractivity contribution in [2.24, 2.45) is 11.3 Å². The SMILES string of the molecule is CC.Cc1nc(N[C@H](C)c2cccc(C(F)(F)C(C)C)c2F)c2cc(N3CCC(C)(C)C3)c3c(c2n1)CCC3. The minimum atomic E-state index is -3.25. The molecule has 1 saturated heterocycles. The molecule has 0 radical (unpaired) electrons. The number of fused-ring (bicyclic) bond motifs is 3. The molecule has 3 aromatic rings. The molecule has 7 heteroatoms. The highest BCUT2D eigenvalue weighted by Gasteiger charge is 2.39. The zero-order chi connectivity index (χ0) is 28.7. The maximum absolute atomic E-state index is 15.4. The van der Waals surface area contributed by atoms with Gasteiger partial charge in [-0.1, -0.05) is 59.7 Å². The first-order valence-electron chi connectivity index (χ1n) is 14.4. The molecule has 1 aliphatic carbocycles. The second kappa shape index (κ2) is 11.0. The number of aryl methyl sites for hydroxylation is 2. The van der Waals surface area contributed by atoms with Crippen molar-refractivity contribution in [2.75, 3.05) is 23.3 Å². The molecule has 39 heavy (non-hydrogen) atoms. The predicted octanol–water partition coefficient (Wildman–Crippen LogP) is 8.75. The van der Waals surface area contributed by atoms with Crippen LogP contribution in [0.3, 0.4) is 0 Å². The molecular weight excluding hydrogens is 497 g/mol. The number of aromatic nitrogens is 2. The summed E-state index contributed by atoms with van der Waals surface area (Å²) in [5.74, 6) is -3.88. The van der Waals surface area contributed by atoms with Gasteiger partial charge in [0.25, 0.3) is 5.92 Å². The van der Waals surface area contributed by atoms with Gasteiger partial charge >= 0.3 is 0 Å². The summed E-state index contributed by atoms with van der Waals surface area (Å²) in [4.78, 5) is 12.0. The van der Waals surface area contributed by atoms with Crippen LogP contribution in [0.5, 0.6) is 0 Å². The smallest absolute Gasteiger partial charge is 0.278 e. The third-order valence-corrected chi connectivity index (χ3v) is 8.10. The van der Waals surface area contributed by atoms with Crippen molar-refractivity contribution in [3.8, 4) is 0 Å². The summed E-state index contributed by atoms with van der Waals surface area (Å²) >= 11 is 0. The standard InChI is InChI=1S/C30H37F3N4.C2H6/c1-17(2)30(32,33)24-12-8-9-20(26(24)31)18(3)34-28-23-15-25(37-14-13-29(5,6)16-37)21-10-7-11-22(21)27(23)35-19(4)36-28;1-2/h8-9,12,15,17-18H,7,10-11,13-14,16H2,1-6H3,(H,34,35,36);1-2H3/t18-;/m1./s1. The van der Waals surface area contributed by atoms with E-state index in [9.17, 15) is 8.78 Å². The van der Waals surface area contributed by atoms with Crippen LogP contribution < -0.4 is 10.2 Å². The van der Waals surface area contributed by atoms with E-state index in [0.29, 0.717) is 11.6 Å². The molecule has 1 N–H and O–H groups in total. The van der Waals surface area contributed by atoms with Crippen LogP contribution in [0.1, 0.15) is 95.4 Å². The van der Waals surface area contributed by atoms with Gasteiger partial charge in [-0.3, -0.25) is 0 Å². The fourth-order valence-corrected chi connectivity index (χ4v) is 5.91. The predicted molar refractivity (Wildman–Crippen MR) is 155 cm³/mol. The number of benzene rings is 2. The lowest BCUT2D eigenvalue weighted by Gasteiger charge is -2.26. The van der Waals surface area contributed by atoms with Gasteiger partial charge in [-0.25, -0.2) is 23.1 Å². The Balaban J connectivity index is 0.00000172. The Bertz CT molecular complexity index is 1350. The largest absolute Gasteiger partial charge is 0.371 e. The molecule has 1 atom stereocenters. The lowest BCUT2D eigenvalue weighted by molar-refractivity contribution is -0.0545. The zero-order valence-corrected chi connectivity index (χ0v) is 24.7. The molecule has 0 unspecified atom stereocenters. The highest BCUT2D eigenvalue weighted by molar-refractivity contribution is 5.96. The van der Waals surface area contributed by atoms with Gasteiger partial charge in [-0.15, -0.1) is 0 Å². The van der Waals surface area contributed by atoms with E-state index in [1.54, 1.807) is 13.0 Å². The minimum Gasteiger partial charge on any atom is -0.371 e. The van der Waals surface area contributed by atoms with E-state index in [2.05, 4.69) is 30.1 Å². The van der Waals surface area contributed by atoms with Gasteiger partial charge < -0.3 is 10.2 Å². The molecule has 0 spiro atoms. The maximum atomic E-state index is 15.4. The first kappa shape index (κ1) is 29.2. The third-order valence-electron chi connectivity index (χ3n) is 8.10. The number of nitrogens with zero attached hydrogens (tertiary/aromatic N) is 3. The number of hydrogen-bond donors (Lipinski definition) is 1. The number of hydrogen-bond acceptors (Lipinski definition) is 4. The van der Waals surface area contributed by atoms with E-state index >= 15 is 4.39 Å². The fourth-order valence-electron chi connectivity index (χ4n) is 5.91. The number of anilines is 2. The molecule has 212 valence electrons. The van der Waals surface area contributed by atoms with Crippen LogP contribution in [0.4, 0.5) is 24.7 Å². The van der Waals surface area contributed by atoms with Crippen molar-refractivity contribution >= 4 is 22.4 Å². The average molecular weight is 541 g/mol. The molecular formula is C32H43F3N4. The van der Waals surface area contributed by atoms with Crippen molar-refractivity contribution in [1.82, 2.24) is 9.97 Å². The number of rotatable bonds is 6. The quantitative estimate of drug-likeness (QED) is 0.339. The van der Waals surface area contributed by atoms with Crippen molar-refractivity contribution in [3.63, 3.8) is 0 Å². The molecule has 1 aromatic heterocycles. The average Bonchev–Trinajstić information content (AvgIpc) is 3.51. The summed E-state index contributed by atoms with van der Waals surface area (Å²) in [5.41, 5.74) is 4.76. The summed E-state index contributed by atoms with van der Waals surface area (Å²) in [6.45, 7) is 17.1. The van der Waals surface area contributed by atoms with E-state index < -0.39 is 29.3 Å². The number of nitrogens with one attached hydrogen (secondary N) is 1. The van der Waals surface area contributed by atoms with Crippen molar-refractivity contribution in [3.05, 3.63) is 58.2 Å². The highest BCUT2D eigenvalue weighted by atomic mass is 19.3. The van der Waals surface area contributed by atoms with Crippen LogP contribution in [-0.2, 0) is 18.8 Å². The van der Waals surface area contributed by atoms with Gasteiger partial charge in [0.05, 0.1) is 17.1 Å². The molecule has 5 rings (SSSR count). The number of alkyl halides is 2. The van der Waals surface area contributed by atoms with Gasteiger partial charge in [0.15, 0.2) is 0 Å². The minimum absolute atomic E-state index is 0.199. The van der Waals surface area contributed by atoms with Crippen molar-refractivity contribution in [2.45, 2.75) is 93.0 Å². The summed E-state index contributed by atoms with van der Waals surface area (Å²) < 4.78 is 45.0. The molecule has 0 amide bonds. The van der Waals surface area contributed by atoms with Crippen LogP contribution in [0.15, 0.2) is 24.3 Å². The van der Waals surface area contributed by atoms with Gasteiger partial charge in [0.1, 0.15) is 17.5 Å². The van der Waals surface area contributed by atoms with Crippen LogP contribution in [0.25, 0.3) is 10.9 Å². The van der Waals surface area contributed by atoms with Gasteiger partial charge in [-0.05, 0) is 62.1 Å².